The predicted octanol–water partition coefficient (Wildman–Crippen LogP) is 3.69. The Morgan fingerprint density at radius 3 is 2.60 bits per heavy atom. The van der Waals surface area contributed by atoms with E-state index < -0.39 is 11.9 Å². The quantitative estimate of drug-likeness (QED) is 0.668. The summed E-state index contributed by atoms with van der Waals surface area (Å²) >= 11 is 12.2. The smallest absolute Gasteiger partial charge is 0.165 e. The monoisotopic (exact) mass is 314 g/mol. The Morgan fingerprint density at radius 1 is 1.25 bits per heavy atom. The van der Waals surface area contributed by atoms with E-state index in [9.17, 15) is 4.39 Å². The molecule has 0 aliphatic heterocycles. The molecule has 0 fully saturated rings. The van der Waals surface area contributed by atoms with Crippen molar-refractivity contribution in [1.82, 2.24) is 5.43 Å². The molecule has 0 saturated carbocycles. The van der Waals surface area contributed by atoms with Gasteiger partial charge in [-0.15, -0.1) is 0 Å². The van der Waals surface area contributed by atoms with E-state index in [4.69, 9.17) is 33.8 Å². The fourth-order valence-electron chi connectivity index (χ4n) is 1.97. The Bertz CT molecular complexity index is 622. The van der Waals surface area contributed by atoms with Gasteiger partial charge in [-0.2, -0.15) is 0 Å². The van der Waals surface area contributed by atoms with Crippen LogP contribution in [0.25, 0.3) is 0 Å². The van der Waals surface area contributed by atoms with Gasteiger partial charge in [-0.3, -0.25) is 5.84 Å². The molecule has 0 heterocycles. The highest BCUT2D eigenvalue weighted by Gasteiger charge is 2.18. The van der Waals surface area contributed by atoms with Gasteiger partial charge >= 0.3 is 0 Å². The van der Waals surface area contributed by atoms with E-state index in [-0.39, 0.29) is 5.75 Å². The normalized spacial score (nSPS) is 12.2. The third kappa shape index (κ3) is 2.88. The summed E-state index contributed by atoms with van der Waals surface area (Å²) in [6.07, 6.45) is 0. The zero-order chi connectivity index (χ0) is 14.7. The molecule has 0 bridgehead atoms. The van der Waals surface area contributed by atoms with Crippen LogP contribution in [0.4, 0.5) is 4.39 Å². The van der Waals surface area contributed by atoms with Crippen LogP contribution in [0.15, 0.2) is 36.4 Å². The third-order valence-corrected chi connectivity index (χ3v) is 3.80. The Kier molecular flexibility index (Phi) is 4.83. The molecule has 20 heavy (non-hydrogen) atoms. The highest BCUT2D eigenvalue weighted by Crippen LogP contribution is 2.33. The van der Waals surface area contributed by atoms with E-state index in [0.29, 0.717) is 21.2 Å². The van der Waals surface area contributed by atoms with E-state index >= 15 is 0 Å². The number of halogens is 3. The number of rotatable bonds is 4. The highest BCUT2D eigenvalue weighted by molar-refractivity contribution is 6.42. The van der Waals surface area contributed by atoms with Crippen molar-refractivity contribution in [3.05, 3.63) is 63.4 Å². The Hall–Kier alpha value is -1.33. The zero-order valence-corrected chi connectivity index (χ0v) is 12.2. The maximum absolute atomic E-state index is 13.8. The van der Waals surface area contributed by atoms with Gasteiger partial charge < -0.3 is 4.74 Å². The van der Waals surface area contributed by atoms with Gasteiger partial charge in [0.05, 0.1) is 23.2 Å². The van der Waals surface area contributed by atoms with Crippen LogP contribution in [0.5, 0.6) is 5.75 Å². The molecule has 2 aromatic rings. The molecule has 0 amide bonds. The summed E-state index contributed by atoms with van der Waals surface area (Å²) in [7, 11) is 1.41. The molecule has 2 aromatic carbocycles. The van der Waals surface area contributed by atoms with Crippen molar-refractivity contribution in [3.8, 4) is 5.75 Å². The average Bonchev–Trinajstić information content (AvgIpc) is 2.44. The summed E-state index contributed by atoms with van der Waals surface area (Å²) < 4.78 is 18.7. The molecule has 0 aliphatic rings. The number of methoxy groups -OCH3 is 1. The lowest BCUT2D eigenvalue weighted by atomic mass is 9.99. The van der Waals surface area contributed by atoms with Gasteiger partial charge in [-0.1, -0.05) is 41.4 Å². The van der Waals surface area contributed by atoms with E-state index in [2.05, 4.69) is 5.43 Å². The number of hydrogen-bond donors (Lipinski definition) is 2. The van der Waals surface area contributed by atoms with Crippen molar-refractivity contribution in [1.29, 1.82) is 0 Å². The second-order valence-corrected chi connectivity index (χ2v) is 4.92. The standard InChI is InChI=1S/C14H13Cl2FN2O/c1-20-12-6-5-8(7-11(12)17)14(19-18)9-3-2-4-10(15)13(9)16/h2-7,14,19H,18H2,1H3. The lowest BCUT2D eigenvalue weighted by Crippen LogP contribution is -2.29. The topological polar surface area (TPSA) is 47.3 Å². The van der Waals surface area contributed by atoms with Crippen molar-refractivity contribution in [2.24, 2.45) is 5.84 Å². The summed E-state index contributed by atoms with van der Waals surface area (Å²) in [5, 5.41) is 0.798. The fraction of sp³-hybridized carbons (Fsp3) is 0.143. The molecule has 3 nitrogen and oxygen atoms in total. The molecule has 0 aliphatic carbocycles. The first-order chi connectivity index (χ1) is 9.58. The van der Waals surface area contributed by atoms with E-state index in [1.807, 2.05) is 0 Å². The first kappa shape index (κ1) is 15.1. The third-order valence-electron chi connectivity index (χ3n) is 2.97. The molecule has 0 saturated heterocycles. The Labute approximate surface area is 126 Å². The van der Waals surface area contributed by atoms with Crippen LogP contribution in [0.3, 0.4) is 0 Å². The SMILES string of the molecule is COc1ccc(C(NN)c2cccc(Cl)c2Cl)cc1F. The molecule has 3 N–H and O–H groups in total. The first-order valence-electron chi connectivity index (χ1n) is 5.82. The summed E-state index contributed by atoms with van der Waals surface area (Å²) in [5.41, 5.74) is 3.91. The van der Waals surface area contributed by atoms with Crippen LogP contribution in [-0.2, 0) is 0 Å². The van der Waals surface area contributed by atoms with Gasteiger partial charge in [0.2, 0.25) is 0 Å². The van der Waals surface area contributed by atoms with E-state index in [1.165, 1.54) is 19.2 Å². The fourth-order valence-corrected chi connectivity index (χ4v) is 2.39. The number of ether oxygens (including phenoxy) is 1. The zero-order valence-electron chi connectivity index (χ0n) is 10.7. The summed E-state index contributed by atoms with van der Waals surface area (Å²) in [6, 6.07) is 9.34. The van der Waals surface area contributed by atoms with Gasteiger partial charge in [0.25, 0.3) is 0 Å². The van der Waals surface area contributed by atoms with Gasteiger partial charge in [-0.05, 0) is 29.3 Å². The number of hydrazine groups is 1. The first-order valence-corrected chi connectivity index (χ1v) is 6.57. The molecule has 0 spiro atoms. The molecule has 106 valence electrons. The average molecular weight is 315 g/mol. The lowest BCUT2D eigenvalue weighted by molar-refractivity contribution is 0.385. The lowest BCUT2D eigenvalue weighted by Gasteiger charge is -2.19. The van der Waals surface area contributed by atoms with Crippen LogP contribution in [0.2, 0.25) is 10.0 Å². The second kappa shape index (κ2) is 6.41. The van der Waals surface area contributed by atoms with E-state index in [0.717, 1.165) is 0 Å². The molecule has 6 heteroatoms. The van der Waals surface area contributed by atoms with E-state index in [1.54, 1.807) is 24.3 Å². The number of nitrogens with one attached hydrogen (secondary N) is 1. The molecular formula is C14H13Cl2FN2O. The number of benzene rings is 2. The predicted molar refractivity (Wildman–Crippen MR) is 78.6 cm³/mol. The summed E-state index contributed by atoms with van der Waals surface area (Å²) in [6.45, 7) is 0. The van der Waals surface area contributed by atoms with Crippen LogP contribution < -0.4 is 16.0 Å². The van der Waals surface area contributed by atoms with Crippen molar-refractivity contribution >= 4 is 23.2 Å². The largest absolute Gasteiger partial charge is 0.494 e. The van der Waals surface area contributed by atoms with Gasteiger partial charge in [-0.25, -0.2) is 9.82 Å². The Morgan fingerprint density at radius 2 is 2.00 bits per heavy atom. The molecule has 1 unspecified atom stereocenters. The number of nitrogens with two attached hydrogens (primary N) is 1. The van der Waals surface area contributed by atoms with Crippen LogP contribution in [0.1, 0.15) is 17.2 Å². The van der Waals surface area contributed by atoms with Crippen LogP contribution >= 0.6 is 23.2 Å². The van der Waals surface area contributed by atoms with Gasteiger partial charge in [0.1, 0.15) is 0 Å². The summed E-state index contributed by atoms with van der Waals surface area (Å²) in [5.74, 6) is 5.27. The molecule has 2 rings (SSSR count). The second-order valence-electron chi connectivity index (χ2n) is 4.14. The van der Waals surface area contributed by atoms with Crippen LogP contribution in [0, 0.1) is 5.82 Å². The van der Waals surface area contributed by atoms with Gasteiger partial charge in [0, 0.05) is 0 Å². The molecule has 0 radical (unpaired) electrons. The number of hydrogen-bond acceptors (Lipinski definition) is 3. The van der Waals surface area contributed by atoms with Crippen molar-refractivity contribution in [2.45, 2.75) is 6.04 Å². The highest BCUT2D eigenvalue weighted by atomic mass is 35.5. The van der Waals surface area contributed by atoms with Crippen molar-refractivity contribution in [2.75, 3.05) is 7.11 Å². The van der Waals surface area contributed by atoms with Crippen molar-refractivity contribution < 1.29 is 9.13 Å². The minimum absolute atomic E-state index is 0.168. The molecule has 0 aromatic heterocycles. The molecule has 1 atom stereocenters. The minimum Gasteiger partial charge on any atom is -0.494 e. The molecular weight excluding hydrogens is 302 g/mol. The maximum atomic E-state index is 13.8. The summed E-state index contributed by atoms with van der Waals surface area (Å²) in [4.78, 5) is 0. The van der Waals surface area contributed by atoms with Crippen molar-refractivity contribution in [3.63, 3.8) is 0 Å². The Balaban J connectivity index is 2.47. The van der Waals surface area contributed by atoms with Gasteiger partial charge in [0.15, 0.2) is 11.6 Å². The minimum atomic E-state index is -0.471. The maximum Gasteiger partial charge on any atom is 0.165 e. The van der Waals surface area contributed by atoms with Crippen LogP contribution in [-0.4, -0.2) is 7.11 Å².